The monoisotopic (exact) mass is 388 g/mol. The molecule has 0 aromatic heterocycles. The molecule has 0 aliphatic rings. The average molecular weight is 388 g/mol. The van der Waals surface area contributed by atoms with E-state index >= 15 is 0 Å². The van der Waals surface area contributed by atoms with Crippen LogP contribution in [0.4, 0.5) is 0 Å². The number of rotatable bonds is 9. The molecule has 0 aliphatic carbocycles. The highest BCUT2D eigenvalue weighted by Crippen LogP contribution is 2.11. The van der Waals surface area contributed by atoms with Crippen LogP contribution in [0.3, 0.4) is 0 Å². The van der Waals surface area contributed by atoms with Gasteiger partial charge in [0.05, 0.1) is 11.5 Å². The standard InChI is InChI=1S/C20H24N2O4S/c1-3-26-15-18-6-4-17(5-7-18)14-22-20(23)13-10-16-8-11-19(12-9-16)27(24,25)21-2/h4-13,21H,3,14-15H2,1-2H3,(H,22,23)/b13-10+. The van der Waals surface area contributed by atoms with Gasteiger partial charge in [-0.15, -0.1) is 0 Å². The number of hydrogen-bond donors (Lipinski definition) is 2. The lowest BCUT2D eigenvalue weighted by atomic mass is 10.1. The van der Waals surface area contributed by atoms with E-state index < -0.39 is 10.0 Å². The van der Waals surface area contributed by atoms with Crippen molar-refractivity contribution in [1.82, 2.24) is 10.0 Å². The van der Waals surface area contributed by atoms with Crippen LogP contribution in [0.25, 0.3) is 6.08 Å². The van der Waals surface area contributed by atoms with Gasteiger partial charge >= 0.3 is 0 Å². The van der Waals surface area contributed by atoms with Crippen LogP contribution in [0.1, 0.15) is 23.6 Å². The zero-order valence-corrected chi connectivity index (χ0v) is 16.3. The molecule has 0 aliphatic heterocycles. The van der Waals surface area contributed by atoms with Crippen LogP contribution in [-0.4, -0.2) is 28.0 Å². The first-order chi connectivity index (χ1) is 12.9. The first kappa shape index (κ1) is 20.8. The molecule has 2 aromatic carbocycles. The minimum Gasteiger partial charge on any atom is -0.377 e. The third-order valence-corrected chi connectivity index (χ3v) is 5.28. The van der Waals surface area contributed by atoms with E-state index in [9.17, 15) is 13.2 Å². The second kappa shape index (κ2) is 10.0. The van der Waals surface area contributed by atoms with Crippen LogP contribution in [0, 0.1) is 0 Å². The zero-order valence-electron chi connectivity index (χ0n) is 15.4. The topological polar surface area (TPSA) is 84.5 Å². The van der Waals surface area contributed by atoms with Gasteiger partial charge < -0.3 is 10.1 Å². The van der Waals surface area contributed by atoms with E-state index in [4.69, 9.17) is 4.74 Å². The predicted octanol–water partition coefficient (Wildman–Crippen LogP) is 2.46. The number of hydrogen-bond acceptors (Lipinski definition) is 4. The molecule has 0 saturated heterocycles. The summed E-state index contributed by atoms with van der Waals surface area (Å²) in [6.07, 6.45) is 3.06. The SMILES string of the molecule is CCOCc1ccc(CNC(=O)/C=C/c2ccc(S(=O)(=O)NC)cc2)cc1. The highest BCUT2D eigenvalue weighted by Gasteiger charge is 2.09. The van der Waals surface area contributed by atoms with Crippen LogP contribution in [0.5, 0.6) is 0 Å². The fraction of sp³-hybridized carbons (Fsp3) is 0.250. The number of carbonyl (C=O) groups excluding carboxylic acids is 1. The Balaban J connectivity index is 1.86. The van der Waals surface area contributed by atoms with Crippen molar-refractivity contribution in [2.45, 2.75) is 25.0 Å². The van der Waals surface area contributed by atoms with Gasteiger partial charge in [0.15, 0.2) is 0 Å². The molecule has 0 spiro atoms. The van der Waals surface area contributed by atoms with Gasteiger partial charge in [0.25, 0.3) is 0 Å². The Morgan fingerprint density at radius 2 is 1.67 bits per heavy atom. The lowest BCUT2D eigenvalue weighted by Crippen LogP contribution is -2.20. The van der Waals surface area contributed by atoms with Crippen LogP contribution in [0.15, 0.2) is 59.5 Å². The van der Waals surface area contributed by atoms with E-state index in [0.717, 1.165) is 16.7 Å². The summed E-state index contributed by atoms with van der Waals surface area (Å²) < 4.78 is 30.9. The molecule has 0 heterocycles. The second-order valence-electron chi connectivity index (χ2n) is 5.78. The molecule has 0 atom stereocenters. The first-order valence-electron chi connectivity index (χ1n) is 8.59. The molecular formula is C20H24N2O4S. The number of ether oxygens (including phenoxy) is 1. The summed E-state index contributed by atoms with van der Waals surface area (Å²) in [5, 5.41) is 2.81. The number of nitrogens with one attached hydrogen (secondary N) is 2. The maximum Gasteiger partial charge on any atom is 0.244 e. The summed E-state index contributed by atoms with van der Waals surface area (Å²) >= 11 is 0. The number of sulfonamides is 1. The Morgan fingerprint density at radius 1 is 1.04 bits per heavy atom. The molecule has 0 unspecified atom stereocenters. The summed E-state index contributed by atoms with van der Waals surface area (Å²) in [6, 6.07) is 14.1. The van der Waals surface area contributed by atoms with Gasteiger partial charge in [0.2, 0.25) is 15.9 Å². The number of amides is 1. The van der Waals surface area contributed by atoms with Crippen LogP contribution < -0.4 is 10.0 Å². The zero-order chi connectivity index (χ0) is 19.7. The summed E-state index contributed by atoms with van der Waals surface area (Å²) in [6.45, 7) is 3.64. The molecule has 144 valence electrons. The minimum atomic E-state index is -3.46. The molecule has 0 radical (unpaired) electrons. The number of carbonyl (C=O) groups is 1. The van der Waals surface area contributed by atoms with Gasteiger partial charge in [-0.05, 0) is 48.9 Å². The van der Waals surface area contributed by atoms with Crippen molar-refractivity contribution >= 4 is 22.0 Å². The second-order valence-corrected chi connectivity index (χ2v) is 7.67. The first-order valence-corrected chi connectivity index (χ1v) is 10.1. The Morgan fingerprint density at radius 3 is 2.26 bits per heavy atom. The smallest absolute Gasteiger partial charge is 0.244 e. The average Bonchev–Trinajstić information content (AvgIpc) is 2.70. The highest BCUT2D eigenvalue weighted by atomic mass is 32.2. The molecule has 0 fully saturated rings. The fourth-order valence-corrected chi connectivity index (χ4v) is 3.00. The number of benzene rings is 2. The molecular weight excluding hydrogens is 364 g/mol. The molecule has 27 heavy (non-hydrogen) atoms. The van der Waals surface area contributed by atoms with Gasteiger partial charge in [0, 0.05) is 19.2 Å². The van der Waals surface area contributed by atoms with Crippen molar-refractivity contribution in [3.63, 3.8) is 0 Å². The van der Waals surface area contributed by atoms with Gasteiger partial charge in [0.1, 0.15) is 0 Å². The molecule has 0 bridgehead atoms. The van der Waals surface area contributed by atoms with Crippen molar-refractivity contribution in [2.24, 2.45) is 0 Å². The molecule has 2 aromatic rings. The molecule has 2 N–H and O–H groups in total. The van der Waals surface area contributed by atoms with Crippen molar-refractivity contribution in [3.05, 3.63) is 71.3 Å². The Bertz CT molecular complexity index is 873. The van der Waals surface area contributed by atoms with E-state index in [0.29, 0.717) is 19.8 Å². The Hall–Kier alpha value is -2.48. The highest BCUT2D eigenvalue weighted by molar-refractivity contribution is 7.89. The summed E-state index contributed by atoms with van der Waals surface area (Å²) in [5.74, 6) is -0.222. The van der Waals surface area contributed by atoms with Crippen LogP contribution >= 0.6 is 0 Å². The van der Waals surface area contributed by atoms with Crippen molar-refractivity contribution in [3.8, 4) is 0 Å². The van der Waals surface area contributed by atoms with Crippen molar-refractivity contribution < 1.29 is 17.9 Å². The van der Waals surface area contributed by atoms with Crippen LogP contribution in [-0.2, 0) is 32.7 Å². The summed E-state index contributed by atoms with van der Waals surface area (Å²) in [7, 11) is -2.09. The maximum absolute atomic E-state index is 11.9. The quantitative estimate of drug-likeness (QED) is 0.647. The lowest BCUT2D eigenvalue weighted by Gasteiger charge is -2.05. The molecule has 6 nitrogen and oxygen atoms in total. The third kappa shape index (κ3) is 6.63. The van der Waals surface area contributed by atoms with Gasteiger partial charge in [-0.2, -0.15) is 0 Å². The normalized spacial score (nSPS) is 11.6. The minimum absolute atomic E-state index is 0.180. The lowest BCUT2D eigenvalue weighted by molar-refractivity contribution is -0.116. The summed E-state index contributed by atoms with van der Waals surface area (Å²) in [5.41, 5.74) is 2.83. The fourth-order valence-electron chi connectivity index (χ4n) is 2.27. The van der Waals surface area contributed by atoms with Gasteiger partial charge in [-0.3, -0.25) is 4.79 Å². The van der Waals surface area contributed by atoms with Crippen molar-refractivity contribution in [2.75, 3.05) is 13.7 Å². The van der Waals surface area contributed by atoms with Crippen molar-refractivity contribution in [1.29, 1.82) is 0 Å². The molecule has 7 heteroatoms. The van der Waals surface area contributed by atoms with E-state index in [2.05, 4.69) is 10.0 Å². The van der Waals surface area contributed by atoms with E-state index in [1.165, 1.54) is 25.3 Å². The molecule has 1 amide bonds. The van der Waals surface area contributed by atoms with E-state index in [1.54, 1.807) is 18.2 Å². The van der Waals surface area contributed by atoms with Crippen LogP contribution in [0.2, 0.25) is 0 Å². The van der Waals surface area contributed by atoms with E-state index in [1.807, 2.05) is 31.2 Å². The third-order valence-electron chi connectivity index (χ3n) is 3.85. The largest absolute Gasteiger partial charge is 0.377 e. The Kier molecular flexibility index (Phi) is 7.72. The Labute approximate surface area is 160 Å². The predicted molar refractivity (Wildman–Crippen MR) is 105 cm³/mol. The molecule has 2 rings (SSSR count). The van der Waals surface area contributed by atoms with Gasteiger partial charge in [-0.25, -0.2) is 13.1 Å². The molecule has 0 saturated carbocycles. The maximum atomic E-state index is 11.9. The summed E-state index contributed by atoms with van der Waals surface area (Å²) in [4.78, 5) is 12.1. The van der Waals surface area contributed by atoms with Gasteiger partial charge in [-0.1, -0.05) is 36.4 Å². The van der Waals surface area contributed by atoms with E-state index in [-0.39, 0.29) is 10.8 Å².